The molecule has 1 aromatic heterocycles. The molecule has 1 aromatic rings. The Bertz CT molecular complexity index is 395. The van der Waals surface area contributed by atoms with Crippen LogP contribution in [0, 0.1) is 0 Å². The van der Waals surface area contributed by atoms with Crippen molar-refractivity contribution in [3.63, 3.8) is 0 Å². The first-order valence-corrected chi connectivity index (χ1v) is 7.85. The molecule has 4 nitrogen and oxygen atoms in total. The van der Waals surface area contributed by atoms with E-state index in [1.54, 1.807) is 0 Å². The second-order valence-corrected chi connectivity index (χ2v) is 5.35. The molecule has 0 amide bonds. The summed E-state index contributed by atoms with van der Waals surface area (Å²) in [6, 6.07) is 2.14. The molecule has 1 atom stereocenters. The lowest BCUT2D eigenvalue weighted by Crippen LogP contribution is -2.40. The third kappa shape index (κ3) is 4.18. The second kappa shape index (κ2) is 8.22. The molecule has 1 aliphatic rings. The van der Waals surface area contributed by atoms with E-state index in [-0.39, 0.29) is 0 Å². The van der Waals surface area contributed by atoms with Crippen LogP contribution in [-0.2, 0) is 11.3 Å². The van der Waals surface area contributed by atoms with E-state index >= 15 is 0 Å². The number of hydrogen-bond donors (Lipinski definition) is 1. The number of nitrogens with zero attached hydrogens (tertiary/aromatic N) is 2. The number of nitrogens with one attached hydrogen (secondary N) is 1. The molecule has 0 aliphatic carbocycles. The molecule has 1 unspecified atom stereocenters. The van der Waals surface area contributed by atoms with Gasteiger partial charge in [0.25, 0.3) is 0 Å². The minimum absolute atomic E-state index is 0.373. The normalized spacial score (nSPS) is 19.3. The van der Waals surface area contributed by atoms with E-state index in [0.717, 1.165) is 39.2 Å². The molecule has 112 valence electrons. The highest BCUT2D eigenvalue weighted by molar-refractivity contribution is 5.52. The first-order chi connectivity index (χ1) is 9.85. The molecule has 1 saturated heterocycles. The van der Waals surface area contributed by atoms with Gasteiger partial charge in [-0.1, -0.05) is 6.92 Å². The summed E-state index contributed by atoms with van der Waals surface area (Å²) in [5.74, 6) is 0. The average Bonchev–Trinajstić information content (AvgIpc) is 2.49. The first kappa shape index (κ1) is 15.3. The number of anilines is 1. The van der Waals surface area contributed by atoms with E-state index in [9.17, 15) is 0 Å². The molecule has 1 fully saturated rings. The van der Waals surface area contributed by atoms with Crippen LogP contribution in [0.4, 0.5) is 5.69 Å². The van der Waals surface area contributed by atoms with Gasteiger partial charge in [-0.25, -0.2) is 0 Å². The fraction of sp³-hybridized carbons (Fsp3) is 0.688. The van der Waals surface area contributed by atoms with E-state index in [4.69, 9.17) is 4.74 Å². The van der Waals surface area contributed by atoms with Gasteiger partial charge < -0.3 is 15.0 Å². The first-order valence-electron chi connectivity index (χ1n) is 7.85. The van der Waals surface area contributed by atoms with Crippen molar-refractivity contribution in [1.82, 2.24) is 10.3 Å². The number of ether oxygens (including phenoxy) is 1. The largest absolute Gasteiger partial charge is 0.377 e. The smallest absolute Gasteiger partial charge is 0.0750 e. The van der Waals surface area contributed by atoms with Gasteiger partial charge >= 0.3 is 0 Å². The third-order valence-electron chi connectivity index (χ3n) is 3.74. The topological polar surface area (TPSA) is 37.4 Å². The standard InChI is InChI=1S/C16H27N3O/c1-3-8-17-11-14-12-18-9-7-16(14)19-10-5-6-15(13-19)20-4-2/h7,9,12,15,17H,3-6,8,10-11,13H2,1-2H3. The SMILES string of the molecule is CCCNCc1cnccc1N1CCCC(OCC)C1. The molecule has 20 heavy (non-hydrogen) atoms. The molecule has 1 N–H and O–H groups in total. The fourth-order valence-electron chi connectivity index (χ4n) is 2.79. The number of piperidine rings is 1. The Hall–Kier alpha value is -1.13. The van der Waals surface area contributed by atoms with E-state index < -0.39 is 0 Å². The highest BCUT2D eigenvalue weighted by Crippen LogP contribution is 2.24. The number of aromatic nitrogens is 1. The summed E-state index contributed by atoms with van der Waals surface area (Å²) in [5, 5.41) is 3.47. The Labute approximate surface area is 122 Å². The van der Waals surface area contributed by atoms with Crippen LogP contribution in [0.15, 0.2) is 18.5 Å². The molecule has 2 heterocycles. The number of hydrogen-bond acceptors (Lipinski definition) is 4. The molecule has 0 radical (unpaired) electrons. The zero-order chi connectivity index (χ0) is 14.2. The van der Waals surface area contributed by atoms with E-state index in [1.807, 2.05) is 12.4 Å². The maximum atomic E-state index is 5.80. The molecule has 0 aromatic carbocycles. The Morgan fingerprint density at radius 2 is 2.35 bits per heavy atom. The summed E-state index contributed by atoms with van der Waals surface area (Å²) in [4.78, 5) is 6.73. The summed E-state index contributed by atoms with van der Waals surface area (Å²) in [6.07, 6.45) is 7.79. The minimum Gasteiger partial charge on any atom is -0.377 e. The van der Waals surface area contributed by atoms with Crippen molar-refractivity contribution in [1.29, 1.82) is 0 Å². The van der Waals surface area contributed by atoms with Gasteiger partial charge in [0.2, 0.25) is 0 Å². The molecule has 0 spiro atoms. The molecule has 0 bridgehead atoms. The van der Waals surface area contributed by atoms with E-state index in [0.29, 0.717) is 6.10 Å². The van der Waals surface area contributed by atoms with Gasteiger partial charge in [0.15, 0.2) is 0 Å². The van der Waals surface area contributed by atoms with Crippen molar-refractivity contribution in [2.75, 3.05) is 31.1 Å². The highest BCUT2D eigenvalue weighted by atomic mass is 16.5. The summed E-state index contributed by atoms with van der Waals surface area (Å²) in [6.45, 7) is 9.13. The van der Waals surface area contributed by atoms with Crippen molar-refractivity contribution in [2.24, 2.45) is 0 Å². The van der Waals surface area contributed by atoms with E-state index in [2.05, 4.69) is 35.1 Å². The lowest BCUT2D eigenvalue weighted by Gasteiger charge is -2.35. The Morgan fingerprint density at radius 3 is 3.15 bits per heavy atom. The van der Waals surface area contributed by atoms with Crippen LogP contribution in [0.25, 0.3) is 0 Å². The van der Waals surface area contributed by atoms with Gasteiger partial charge in [0, 0.05) is 49.9 Å². The molecule has 1 aliphatic heterocycles. The van der Waals surface area contributed by atoms with E-state index in [1.165, 1.54) is 24.1 Å². The number of pyridine rings is 1. The zero-order valence-electron chi connectivity index (χ0n) is 12.8. The van der Waals surface area contributed by atoms with Crippen LogP contribution in [-0.4, -0.2) is 37.3 Å². The molecular weight excluding hydrogens is 250 g/mol. The highest BCUT2D eigenvalue weighted by Gasteiger charge is 2.21. The summed E-state index contributed by atoms with van der Waals surface area (Å²) >= 11 is 0. The van der Waals surface area contributed by atoms with Gasteiger partial charge in [-0.15, -0.1) is 0 Å². The molecular formula is C16H27N3O. The van der Waals surface area contributed by atoms with Crippen molar-refractivity contribution in [3.05, 3.63) is 24.0 Å². The van der Waals surface area contributed by atoms with Crippen molar-refractivity contribution >= 4 is 5.69 Å². The quantitative estimate of drug-likeness (QED) is 0.777. The average molecular weight is 277 g/mol. The predicted octanol–water partition coefficient (Wildman–Crippen LogP) is 2.59. The summed E-state index contributed by atoms with van der Waals surface area (Å²) in [7, 11) is 0. The van der Waals surface area contributed by atoms with Gasteiger partial charge in [-0.3, -0.25) is 4.98 Å². The van der Waals surface area contributed by atoms with Gasteiger partial charge in [0.05, 0.1) is 6.10 Å². The van der Waals surface area contributed by atoms with Crippen molar-refractivity contribution in [3.8, 4) is 0 Å². The Balaban J connectivity index is 2.03. The summed E-state index contributed by atoms with van der Waals surface area (Å²) in [5.41, 5.74) is 2.60. The fourth-order valence-corrected chi connectivity index (χ4v) is 2.79. The lowest BCUT2D eigenvalue weighted by atomic mass is 10.1. The third-order valence-corrected chi connectivity index (χ3v) is 3.74. The van der Waals surface area contributed by atoms with Crippen LogP contribution >= 0.6 is 0 Å². The van der Waals surface area contributed by atoms with Crippen LogP contribution < -0.4 is 10.2 Å². The maximum Gasteiger partial charge on any atom is 0.0750 e. The lowest BCUT2D eigenvalue weighted by molar-refractivity contribution is 0.0526. The van der Waals surface area contributed by atoms with Crippen LogP contribution in [0.5, 0.6) is 0 Å². The molecule has 4 heteroatoms. The maximum absolute atomic E-state index is 5.80. The summed E-state index contributed by atoms with van der Waals surface area (Å²) < 4.78 is 5.80. The van der Waals surface area contributed by atoms with Crippen molar-refractivity contribution in [2.45, 2.75) is 45.8 Å². The molecule has 0 saturated carbocycles. The number of rotatable bonds is 7. The van der Waals surface area contributed by atoms with Crippen LogP contribution in [0.3, 0.4) is 0 Å². The minimum atomic E-state index is 0.373. The Kier molecular flexibility index (Phi) is 6.27. The molecule has 2 rings (SSSR count). The van der Waals surface area contributed by atoms with Gasteiger partial charge in [-0.2, -0.15) is 0 Å². The van der Waals surface area contributed by atoms with Crippen LogP contribution in [0.1, 0.15) is 38.7 Å². The Morgan fingerprint density at radius 1 is 1.45 bits per heavy atom. The van der Waals surface area contributed by atoms with Crippen molar-refractivity contribution < 1.29 is 4.74 Å². The van der Waals surface area contributed by atoms with Crippen LogP contribution in [0.2, 0.25) is 0 Å². The monoisotopic (exact) mass is 277 g/mol. The van der Waals surface area contributed by atoms with Gasteiger partial charge in [0.1, 0.15) is 0 Å². The van der Waals surface area contributed by atoms with Gasteiger partial charge in [-0.05, 0) is 38.8 Å². The predicted molar refractivity (Wildman–Crippen MR) is 83.1 cm³/mol. The second-order valence-electron chi connectivity index (χ2n) is 5.35. The zero-order valence-corrected chi connectivity index (χ0v) is 12.8.